The molecule has 1 aromatic rings. The van der Waals surface area contributed by atoms with Crippen molar-refractivity contribution in [1.29, 1.82) is 5.26 Å². The number of carboxylic acids is 1. The summed E-state index contributed by atoms with van der Waals surface area (Å²) in [5, 5.41) is 17.7. The van der Waals surface area contributed by atoms with E-state index in [-0.39, 0.29) is 5.56 Å². The van der Waals surface area contributed by atoms with Gasteiger partial charge in [0.1, 0.15) is 0 Å². The largest absolute Gasteiger partial charge is 0.478 e. The molecule has 0 saturated carbocycles. The Morgan fingerprint density at radius 1 is 1.59 bits per heavy atom. The predicted octanol–water partition coefficient (Wildman–Crippen LogP) is 1.71. The third kappa shape index (κ3) is 2.88. The van der Waals surface area contributed by atoms with Gasteiger partial charge in [-0.25, -0.2) is 4.79 Å². The molecule has 0 aliphatic rings. The van der Waals surface area contributed by atoms with E-state index in [1.54, 1.807) is 12.1 Å². The van der Waals surface area contributed by atoms with Crippen LogP contribution in [-0.4, -0.2) is 24.2 Å². The highest BCUT2D eigenvalue weighted by molar-refractivity contribution is 5.98. The first kappa shape index (κ1) is 12.8. The molecule has 0 atom stereocenters. The van der Waals surface area contributed by atoms with Crippen LogP contribution < -0.4 is 10.6 Å². The Morgan fingerprint density at radius 2 is 2.29 bits per heavy atom. The maximum atomic E-state index is 11.1. The second kappa shape index (κ2) is 5.75. The molecule has 17 heavy (non-hydrogen) atoms. The van der Waals surface area contributed by atoms with Gasteiger partial charge in [-0.15, -0.1) is 0 Å². The summed E-state index contributed by atoms with van der Waals surface area (Å²) >= 11 is 0. The van der Waals surface area contributed by atoms with Crippen molar-refractivity contribution < 1.29 is 9.90 Å². The fraction of sp³-hybridized carbons (Fsp3) is 0.333. The van der Waals surface area contributed by atoms with Gasteiger partial charge in [-0.1, -0.05) is 6.07 Å². The molecule has 0 unspecified atom stereocenters. The SMILES string of the molecule is CCN(CCC#N)c1c(N)cccc1C(=O)O. The van der Waals surface area contributed by atoms with Gasteiger partial charge in [-0.05, 0) is 19.1 Å². The van der Waals surface area contributed by atoms with Gasteiger partial charge in [0.05, 0.1) is 29.4 Å². The zero-order chi connectivity index (χ0) is 12.8. The van der Waals surface area contributed by atoms with Gasteiger partial charge in [0.15, 0.2) is 0 Å². The van der Waals surface area contributed by atoms with Crippen molar-refractivity contribution in [2.24, 2.45) is 0 Å². The lowest BCUT2D eigenvalue weighted by molar-refractivity contribution is 0.0697. The van der Waals surface area contributed by atoms with E-state index in [0.29, 0.717) is 30.9 Å². The van der Waals surface area contributed by atoms with Crippen molar-refractivity contribution in [2.45, 2.75) is 13.3 Å². The molecule has 0 heterocycles. The van der Waals surface area contributed by atoms with Crippen molar-refractivity contribution in [1.82, 2.24) is 0 Å². The Balaban J connectivity index is 3.17. The summed E-state index contributed by atoms with van der Waals surface area (Å²) in [4.78, 5) is 12.9. The minimum absolute atomic E-state index is 0.171. The number of nitrogen functional groups attached to an aromatic ring is 1. The summed E-state index contributed by atoms with van der Waals surface area (Å²) in [6.45, 7) is 2.98. The number of hydrogen-bond donors (Lipinski definition) is 2. The van der Waals surface area contributed by atoms with Crippen molar-refractivity contribution in [3.8, 4) is 6.07 Å². The van der Waals surface area contributed by atoms with Crippen LogP contribution in [0.2, 0.25) is 0 Å². The number of nitriles is 1. The lowest BCUT2D eigenvalue weighted by Crippen LogP contribution is -2.26. The van der Waals surface area contributed by atoms with Crippen LogP contribution in [-0.2, 0) is 0 Å². The van der Waals surface area contributed by atoms with E-state index >= 15 is 0 Å². The Hall–Kier alpha value is -2.22. The van der Waals surface area contributed by atoms with Gasteiger partial charge in [0.2, 0.25) is 0 Å². The number of carboxylic acid groups (broad SMARTS) is 1. The molecule has 0 saturated heterocycles. The number of para-hydroxylation sites is 1. The quantitative estimate of drug-likeness (QED) is 0.755. The Labute approximate surface area is 100 Å². The van der Waals surface area contributed by atoms with E-state index in [4.69, 9.17) is 16.1 Å². The number of benzene rings is 1. The molecule has 0 aliphatic heterocycles. The maximum Gasteiger partial charge on any atom is 0.337 e. The van der Waals surface area contributed by atoms with Crippen molar-refractivity contribution in [3.05, 3.63) is 23.8 Å². The topological polar surface area (TPSA) is 90.4 Å². The Kier molecular flexibility index (Phi) is 4.35. The number of aromatic carboxylic acids is 1. The predicted molar refractivity (Wildman–Crippen MR) is 65.9 cm³/mol. The molecule has 0 amide bonds. The smallest absolute Gasteiger partial charge is 0.337 e. The van der Waals surface area contributed by atoms with Crippen LogP contribution >= 0.6 is 0 Å². The molecule has 0 radical (unpaired) electrons. The lowest BCUT2D eigenvalue weighted by Gasteiger charge is -2.25. The van der Waals surface area contributed by atoms with Crippen LogP contribution in [0.5, 0.6) is 0 Å². The third-order valence-electron chi connectivity index (χ3n) is 2.49. The fourth-order valence-corrected chi connectivity index (χ4v) is 1.70. The molecule has 0 bridgehead atoms. The monoisotopic (exact) mass is 233 g/mol. The van der Waals surface area contributed by atoms with Crippen LogP contribution in [0.25, 0.3) is 0 Å². The van der Waals surface area contributed by atoms with Crippen LogP contribution in [0.3, 0.4) is 0 Å². The molecule has 0 aliphatic carbocycles. The van der Waals surface area contributed by atoms with E-state index in [2.05, 4.69) is 0 Å². The van der Waals surface area contributed by atoms with E-state index in [0.717, 1.165) is 0 Å². The fourth-order valence-electron chi connectivity index (χ4n) is 1.70. The molecular formula is C12H15N3O2. The number of carbonyl (C=O) groups is 1. The van der Waals surface area contributed by atoms with Crippen LogP contribution in [0.1, 0.15) is 23.7 Å². The molecule has 0 aromatic heterocycles. The highest BCUT2D eigenvalue weighted by atomic mass is 16.4. The first-order valence-electron chi connectivity index (χ1n) is 5.35. The van der Waals surface area contributed by atoms with Gasteiger partial charge in [-0.2, -0.15) is 5.26 Å². The molecule has 5 heteroatoms. The minimum atomic E-state index is -1.01. The second-order valence-corrected chi connectivity index (χ2v) is 3.54. The zero-order valence-corrected chi connectivity index (χ0v) is 9.68. The number of anilines is 2. The molecular weight excluding hydrogens is 218 g/mol. The molecule has 90 valence electrons. The van der Waals surface area contributed by atoms with Crippen molar-refractivity contribution in [2.75, 3.05) is 23.7 Å². The third-order valence-corrected chi connectivity index (χ3v) is 2.49. The number of nitrogens with two attached hydrogens (primary N) is 1. The highest BCUT2D eigenvalue weighted by Crippen LogP contribution is 2.28. The summed E-state index contributed by atoms with van der Waals surface area (Å²) in [6, 6.07) is 6.83. The first-order chi connectivity index (χ1) is 8.11. The van der Waals surface area contributed by atoms with Crippen LogP contribution in [0, 0.1) is 11.3 Å². The summed E-state index contributed by atoms with van der Waals surface area (Å²) in [5.74, 6) is -1.01. The molecule has 3 N–H and O–H groups in total. The van der Waals surface area contributed by atoms with Gasteiger partial charge in [-0.3, -0.25) is 0 Å². The van der Waals surface area contributed by atoms with Gasteiger partial charge in [0, 0.05) is 13.1 Å². The molecule has 1 rings (SSSR count). The van der Waals surface area contributed by atoms with E-state index < -0.39 is 5.97 Å². The van der Waals surface area contributed by atoms with E-state index in [1.807, 2.05) is 17.9 Å². The van der Waals surface area contributed by atoms with Crippen molar-refractivity contribution >= 4 is 17.3 Å². The Morgan fingerprint density at radius 3 is 2.82 bits per heavy atom. The highest BCUT2D eigenvalue weighted by Gasteiger charge is 2.17. The molecule has 5 nitrogen and oxygen atoms in total. The summed E-state index contributed by atoms with van der Waals surface area (Å²) in [6.07, 6.45) is 0.335. The van der Waals surface area contributed by atoms with Gasteiger partial charge < -0.3 is 15.7 Å². The van der Waals surface area contributed by atoms with E-state index in [9.17, 15) is 4.79 Å². The number of hydrogen-bond acceptors (Lipinski definition) is 4. The standard InChI is InChI=1S/C12H15N3O2/c1-2-15(8-4-7-13)11-9(12(16)17)5-3-6-10(11)14/h3,5-6H,2,4,8,14H2,1H3,(H,16,17). The lowest BCUT2D eigenvalue weighted by atomic mass is 10.1. The van der Waals surface area contributed by atoms with Crippen LogP contribution in [0.15, 0.2) is 18.2 Å². The second-order valence-electron chi connectivity index (χ2n) is 3.54. The minimum Gasteiger partial charge on any atom is -0.478 e. The summed E-state index contributed by atoms with van der Waals surface area (Å²) < 4.78 is 0. The molecule has 1 aromatic carbocycles. The molecule has 0 fully saturated rings. The van der Waals surface area contributed by atoms with Gasteiger partial charge >= 0.3 is 5.97 Å². The maximum absolute atomic E-state index is 11.1. The van der Waals surface area contributed by atoms with Crippen molar-refractivity contribution in [3.63, 3.8) is 0 Å². The average Bonchev–Trinajstić information content (AvgIpc) is 2.31. The summed E-state index contributed by atoms with van der Waals surface area (Å²) in [5.41, 5.74) is 6.91. The van der Waals surface area contributed by atoms with Gasteiger partial charge in [0.25, 0.3) is 0 Å². The first-order valence-corrected chi connectivity index (χ1v) is 5.35. The van der Waals surface area contributed by atoms with E-state index in [1.165, 1.54) is 6.07 Å². The Bertz CT molecular complexity index is 452. The normalized spacial score (nSPS) is 9.65. The zero-order valence-electron chi connectivity index (χ0n) is 9.68. The molecule has 0 spiro atoms. The summed E-state index contributed by atoms with van der Waals surface area (Å²) in [7, 11) is 0. The van der Waals surface area contributed by atoms with Crippen LogP contribution in [0.4, 0.5) is 11.4 Å². The average molecular weight is 233 g/mol. The number of rotatable bonds is 5. The number of nitrogens with zero attached hydrogens (tertiary/aromatic N) is 2.